The van der Waals surface area contributed by atoms with Gasteiger partial charge in [-0.05, 0) is 55.0 Å². The highest BCUT2D eigenvalue weighted by Gasteiger charge is 2.14. The Hall–Kier alpha value is -4.25. The molecule has 0 fully saturated rings. The number of hydrogen-bond acceptors (Lipinski definition) is 3. The molecule has 5 heteroatoms. The summed E-state index contributed by atoms with van der Waals surface area (Å²) in [4.78, 5) is 36.8. The molecule has 5 nitrogen and oxygen atoms in total. The van der Waals surface area contributed by atoms with E-state index in [1.165, 1.54) is 6.92 Å². The zero-order chi connectivity index (χ0) is 22.1. The number of anilines is 1. The molecule has 0 aromatic heterocycles. The first-order valence-electron chi connectivity index (χ1n) is 9.75. The Bertz CT molecular complexity index is 1120. The minimum atomic E-state index is -0.474. The standard InChI is InChI=1S/C26H22N2O3/c1-19(29)21-15-17-23(18-16-21)27-26(31)24(14-8-11-20-9-4-2-5-10-20)28-25(30)22-12-6-3-7-13-22/h2-18H,1H3,(H,27,31)(H,28,30)/b11-8-,24-14-. The molecular weight excluding hydrogens is 388 g/mol. The van der Waals surface area contributed by atoms with Gasteiger partial charge in [0.2, 0.25) is 0 Å². The number of rotatable bonds is 7. The van der Waals surface area contributed by atoms with Crippen molar-refractivity contribution in [2.45, 2.75) is 6.92 Å². The summed E-state index contributed by atoms with van der Waals surface area (Å²) >= 11 is 0. The number of ketones is 1. The predicted molar refractivity (Wildman–Crippen MR) is 123 cm³/mol. The van der Waals surface area contributed by atoms with E-state index >= 15 is 0 Å². The highest BCUT2D eigenvalue weighted by atomic mass is 16.2. The van der Waals surface area contributed by atoms with Crippen molar-refractivity contribution in [2.75, 3.05) is 5.32 Å². The first-order chi connectivity index (χ1) is 15.0. The van der Waals surface area contributed by atoms with E-state index in [1.54, 1.807) is 60.7 Å². The van der Waals surface area contributed by atoms with Crippen LogP contribution in [0.3, 0.4) is 0 Å². The van der Waals surface area contributed by atoms with Crippen molar-refractivity contribution in [2.24, 2.45) is 0 Å². The van der Waals surface area contributed by atoms with Crippen molar-refractivity contribution in [1.29, 1.82) is 0 Å². The van der Waals surface area contributed by atoms with Crippen LogP contribution in [0.5, 0.6) is 0 Å². The van der Waals surface area contributed by atoms with Crippen LogP contribution in [0.25, 0.3) is 6.08 Å². The SMILES string of the molecule is CC(=O)c1ccc(NC(=O)/C(=C/C=C\c2ccccc2)NC(=O)c2ccccc2)cc1. The number of Topliss-reactive ketones (excluding diaryl/α,β-unsaturated/α-hetero) is 1. The first-order valence-corrected chi connectivity index (χ1v) is 9.75. The van der Waals surface area contributed by atoms with E-state index in [4.69, 9.17) is 0 Å². The summed E-state index contributed by atoms with van der Waals surface area (Å²) in [5, 5.41) is 5.42. The number of amides is 2. The molecule has 3 aromatic rings. The van der Waals surface area contributed by atoms with Gasteiger partial charge >= 0.3 is 0 Å². The Kier molecular flexibility index (Phi) is 7.27. The maximum Gasteiger partial charge on any atom is 0.272 e. The van der Waals surface area contributed by atoms with Crippen LogP contribution in [-0.4, -0.2) is 17.6 Å². The molecule has 0 bridgehead atoms. The van der Waals surface area contributed by atoms with Crippen molar-refractivity contribution in [3.8, 4) is 0 Å². The van der Waals surface area contributed by atoms with Crippen molar-refractivity contribution in [3.63, 3.8) is 0 Å². The van der Waals surface area contributed by atoms with Crippen LogP contribution >= 0.6 is 0 Å². The zero-order valence-corrected chi connectivity index (χ0v) is 17.0. The highest BCUT2D eigenvalue weighted by Crippen LogP contribution is 2.12. The summed E-state index contributed by atoms with van der Waals surface area (Å²) in [6, 6.07) is 24.8. The number of carbonyl (C=O) groups is 3. The largest absolute Gasteiger partial charge is 0.321 e. The second-order valence-electron chi connectivity index (χ2n) is 6.76. The lowest BCUT2D eigenvalue weighted by Gasteiger charge is -2.11. The van der Waals surface area contributed by atoms with Crippen molar-refractivity contribution in [1.82, 2.24) is 5.32 Å². The van der Waals surface area contributed by atoms with E-state index in [0.29, 0.717) is 16.8 Å². The van der Waals surface area contributed by atoms with Crippen LogP contribution in [-0.2, 0) is 4.79 Å². The summed E-state index contributed by atoms with van der Waals surface area (Å²) in [6.45, 7) is 1.48. The van der Waals surface area contributed by atoms with Gasteiger partial charge in [0.1, 0.15) is 5.70 Å². The minimum Gasteiger partial charge on any atom is -0.321 e. The van der Waals surface area contributed by atoms with Gasteiger partial charge < -0.3 is 10.6 Å². The van der Waals surface area contributed by atoms with Gasteiger partial charge in [-0.2, -0.15) is 0 Å². The highest BCUT2D eigenvalue weighted by molar-refractivity contribution is 6.08. The number of hydrogen-bond donors (Lipinski definition) is 2. The molecule has 0 heterocycles. The van der Waals surface area contributed by atoms with E-state index in [2.05, 4.69) is 10.6 Å². The van der Waals surface area contributed by atoms with E-state index in [0.717, 1.165) is 5.56 Å². The summed E-state index contributed by atoms with van der Waals surface area (Å²) in [5.41, 5.74) is 2.57. The molecule has 0 saturated carbocycles. The molecule has 0 aliphatic heterocycles. The third-order valence-electron chi connectivity index (χ3n) is 4.43. The molecule has 3 rings (SSSR count). The van der Waals surface area contributed by atoms with Crippen LogP contribution in [0.4, 0.5) is 5.69 Å². The Morgan fingerprint density at radius 3 is 1.97 bits per heavy atom. The van der Waals surface area contributed by atoms with Gasteiger partial charge in [0, 0.05) is 16.8 Å². The second kappa shape index (κ2) is 10.5. The van der Waals surface area contributed by atoms with Gasteiger partial charge in [0.15, 0.2) is 5.78 Å². The molecule has 2 amide bonds. The van der Waals surface area contributed by atoms with Crippen LogP contribution in [0.15, 0.2) is 103 Å². The van der Waals surface area contributed by atoms with E-state index in [9.17, 15) is 14.4 Å². The number of allylic oxidation sites excluding steroid dienone is 2. The van der Waals surface area contributed by atoms with Crippen LogP contribution in [0, 0.1) is 0 Å². The van der Waals surface area contributed by atoms with E-state index in [1.807, 2.05) is 42.5 Å². The maximum absolute atomic E-state index is 12.8. The molecule has 0 saturated heterocycles. The molecule has 2 N–H and O–H groups in total. The normalized spacial score (nSPS) is 11.2. The van der Waals surface area contributed by atoms with Gasteiger partial charge in [-0.25, -0.2) is 0 Å². The van der Waals surface area contributed by atoms with Gasteiger partial charge in [0.25, 0.3) is 11.8 Å². The number of nitrogens with one attached hydrogen (secondary N) is 2. The molecular formula is C26H22N2O3. The summed E-state index contributed by atoms with van der Waals surface area (Å²) in [7, 11) is 0. The molecule has 0 aliphatic carbocycles. The van der Waals surface area contributed by atoms with Crippen LogP contribution in [0.1, 0.15) is 33.2 Å². The lowest BCUT2D eigenvalue weighted by Crippen LogP contribution is -2.30. The molecule has 0 aliphatic rings. The summed E-state index contributed by atoms with van der Waals surface area (Å²) in [5.74, 6) is -0.917. The smallest absolute Gasteiger partial charge is 0.272 e. The molecule has 0 radical (unpaired) electrons. The minimum absolute atomic E-state index is 0.0559. The fourth-order valence-electron chi connectivity index (χ4n) is 2.76. The van der Waals surface area contributed by atoms with Crippen molar-refractivity contribution >= 4 is 29.4 Å². The Morgan fingerprint density at radius 1 is 0.742 bits per heavy atom. The third kappa shape index (κ3) is 6.37. The lowest BCUT2D eigenvalue weighted by molar-refractivity contribution is -0.113. The average molecular weight is 410 g/mol. The number of benzene rings is 3. The van der Waals surface area contributed by atoms with Gasteiger partial charge in [0.05, 0.1) is 0 Å². The average Bonchev–Trinajstić information content (AvgIpc) is 2.80. The van der Waals surface area contributed by atoms with Crippen molar-refractivity contribution in [3.05, 3.63) is 119 Å². The van der Waals surface area contributed by atoms with Crippen LogP contribution < -0.4 is 10.6 Å². The quantitative estimate of drug-likeness (QED) is 0.332. The predicted octanol–water partition coefficient (Wildman–Crippen LogP) is 4.86. The van der Waals surface area contributed by atoms with Gasteiger partial charge in [-0.3, -0.25) is 14.4 Å². The third-order valence-corrected chi connectivity index (χ3v) is 4.43. The first kappa shape index (κ1) is 21.5. The topological polar surface area (TPSA) is 75.3 Å². The Morgan fingerprint density at radius 2 is 1.35 bits per heavy atom. The molecule has 0 spiro atoms. The molecule has 154 valence electrons. The molecule has 3 aromatic carbocycles. The van der Waals surface area contributed by atoms with Gasteiger partial charge in [-0.1, -0.05) is 60.7 Å². The molecule has 0 unspecified atom stereocenters. The van der Waals surface area contributed by atoms with Gasteiger partial charge in [-0.15, -0.1) is 0 Å². The maximum atomic E-state index is 12.8. The Balaban J connectivity index is 1.80. The van der Waals surface area contributed by atoms with Crippen molar-refractivity contribution < 1.29 is 14.4 Å². The summed E-state index contributed by atoms with van der Waals surface area (Å²) < 4.78 is 0. The molecule has 31 heavy (non-hydrogen) atoms. The summed E-state index contributed by atoms with van der Waals surface area (Å²) in [6.07, 6.45) is 5.09. The van der Waals surface area contributed by atoms with E-state index < -0.39 is 5.91 Å². The fraction of sp³-hybridized carbons (Fsp3) is 0.0385. The monoisotopic (exact) mass is 410 g/mol. The van der Waals surface area contributed by atoms with E-state index in [-0.39, 0.29) is 17.4 Å². The molecule has 0 atom stereocenters. The number of carbonyl (C=O) groups excluding carboxylic acids is 3. The zero-order valence-electron chi connectivity index (χ0n) is 17.0. The fourth-order valence-corrected chi connectivity index (χ4v) is 2.76. The Labute approximate surface area is 181 Å². The van der Waals surface area contributed by atoms with Crippen LogP contribution in [0.2, 0.25) is 0 Å². The lowest BCUT2D eigenvalue weighted by atomic mass is 10.1. The second-order valence-corrected chi connectivity index (χ2v) is 6.76.